The van der Waals surface area contributed by atoms with Crippen molar-refractivity contribution in [1.82, 2.24) is 10.6 Å². The molecule has 1 rings (SSSR count). The largest absolute Gasteiger partial charge is 0.481 e. The lowest BCUT2D eigenvalue weighted by molar-refractivity contribution is -0.126. The minimum atomic E-state index is -0.733. The van der Waals surface area contributed by atoms with E-state index >= 15 is 0 Å². The van der Waals surface area contributed by atoms with Crippen molar-refractivity contribution in [2.24, 2.45) is 0 Å². The van der Waals surface area contributed by atoms with Crippen molar-refractivity contribution >= 4 is 11.9 Å². The Labute approximate surface area is 113 Å². The molecule has 1 atom stereocenters. The monoisotopic (exact) mass is 264 g/mol. The Morgan fingerprint density at radius 2 is 2.00 bits per heavy atom. The van der Waals surface area contributed by atoms with E-state index in [0.29, 0.717) is 12.3 Å². The Morgan fingerprint density at radius 3 is 2.63 bits per heavy atom. The maximum atomic E-state index is 11.7. The first-order chi connectivity index (χ1) is 8.93. The summed E-state index contributed by atoms with van der Waals surface area (Å²) in [6.07, 6.45) is -0.733. The number of hydrogen-bond donors (Lipinski definition) is 2. The van der Waals surface area contributed by atoms with Crippen molar-refractivity contribution in [2.75, 3.05) is 6.54 Å². The number of amides is 3. The summed E-state index contributed by atoms with van der Waals surface area (Å²) in [6, 6.07) is 5.26. The molecule has 2 N–H and O–H groups in total. The zero-order chi connectivity index (χ0) is 14.4. The molecule has 0 aliphatic rings. The van der Waals surface area contributed by atoms with Gasteiger partial charge in [-0.15, -0.1) is 0 Å². The van der Waals surface area contributed by atoms with Crippen LogP contribution in [0.3, 0.4) is 0 Å². The third-order valence-corrected chi connectivity index (χ3v) is 2.59. The van der Waals surface area contributed by atoms with E-state index in [-0.39, 0.29) is 0 Å². The Hall–Kier alpha value is -2.04. The van der Waals surface area contributed by atoms with Crippen LogP contribution in [0.5, 0.6) is 5.75 Å². The number of nitrogens with one attached hydrogen (secondary N) is 2. The van der Waals surface area contributed by atoms with Crippen LogP contribution in [0.15, 0.2) is 18.2 Å². The summed E-state index contributed by atoms with van der Waals surface area (Å²) in [7, 11) is 0. The Morgan fingerprint density at radius 1 is 1.32 bits per heavy atom. The fourth-order valence-corrected chi connectivity index (χ4v) is 1.50. The molecule has 5 heteroatoms. The van der Waals surface area contributed by atoms with Gasteiger partial charge in [0.25, 0.3) is 5.91 Å². The van der Waals surface area contributed by atoms with E-state index in [0.717, 1.165) is 11.1 Å². The van der Waals surface area contributed by atoms with Gasteiger partial charge < -0.3 is 10.1 Å². The smallest absolute Gasteiger partial charge is 0.321 e. The maximum Gasteiger partial charge on any atom is 0.321 e. The van der Waals surface area contributed by atoms with Gasteiger partial charge in [0, 0.05) is 6.54 Å². The Bertz CT molecular complexity index is 472. The first-order valence-electron chi connectivity index (χ1n) is 6.26. The zero-order valence-corrected chi connectivity index (χ0v) is 11.7. The molecule has 19 heavy (non-hydrogen) atoms. The van der Waals surface area contributed by atoms with Gasteiger partial charge in [0.2, 0.25) is 0 Å². The Balaban J connectivity index is 2.63. The number of carbonyl (C=O) groups excluding carboxylic acids is 2. The quantitative estimate of drug-likeness (QED) is 0.873. The van der Waals surface area contributed by atoms with Gasteiger partial charge >= 0.3 is 6.03 Å². The van der Waals surface area contributed by atoms with Gasteiger partial charge in [-0.05, 0) is 44.9 Å². The highest BCUT2D eigenvalue weighted by molar-refractivity contribution is 5.96. The molecule has 104 valence electrons. The van der Waals surface area contributed by atoms with Crippen molar-refractivity contribution in [1.29, 1.82) is 0 Å². The summed E-state index contributed by atoms with van der Waals surface area (Å²) in [5.41, 5.74) is 2.00. The SMILES string of the molecule is CCNC(=O)NC(=O)C(C)Oc1cc(C)ccc1C. The molecule has 0 heterocycles. The topological polar surface area (TPSA) is 67.4 Å². The summed E-state index contributed by atoms with van der Waals surface area (Å²) >= 11 is 0. The molecule has 0 spiro atoms. The second-order valence-electron chi connectivity index (χ2n) is 4.38. The second-order valence-corrected chi connectivity index (χ2v) is 4.38. The standard InChI is InChI=1S/C14H20N2O3/c1-5-15-14(18)16-13(17)11(4)19-12-8-9(2)6-7-10(12)3/h6-8,11H,5H2,1-4H3,(H2,15,16,17,18). The average molecular weight is 264 g/mol. The summed E-state index contributed by atoms with van der Waals surface area (Å²) in [6.45, 7) is 7.71. The minimum Gasteiger partial charge on any atom is -0.481 e. The number of aryl methyl sites for hydroxylation is 2. The summed E-state index contributed by atoms with van der Waals surface area (Å²) in [4.78, 5) is 23.0. The van der Waals surface area contributed by atoms with Crippen LogP contribution in [0.25, 0.3) is 0 Å². The molecular formula is C14H20N2O3. The first kappa shape index (κ1) is 15.0. The van der Waals surface area contributed by atoms with Gasteiger partial charge in [0.15, 0.2) is 6.10 Å². The molecule has 1 aromatic rings. The molecule has 0 bridgehead atoms. The van der Waals surface area contributed by atoms with Crippen LogP contribution in [-0.2, 0) is 4.79 Å². The van der Waals surface area contributed by atoms with Gasteiger partial charge in [-0.3, -0.25) is 10.1 Å². The third kappa shape index (κ3) is 4.62. The van der Waals surface area contributed by atoms with Crippen LogP contribution in [-0.4, -0.2) is 24.6 Å². The lowest BCUT2D eigenvalue weighted by atomic mass is 10.1. The predicted molar refractivity (Wildman–Crippen MR) is 73.2 cm³/mol. The number of imide groups is 1. The molecule has 0 aromatic heterocycles. The molecule has 0 saturated carbocycles. The van der Waals surface area contributed by atoms with Crippen LogP contribution >= 0.6 is 0 Å². The highest BCUT2D eigenvalue weighted by Crippen LogP contribution is 2.20. The number of benzene rings is 1. The van der Waals surface area contributed by atoms with Crippen LogP contribution in [0.4, 0.5) is 4.79 Å². The van der Waals surface area contributed by atoms with Crippen LogP contribution < -0.4 is 15.4 Å². The fraction of sp³-hybridized carbons (Fsp3) is 0.429. The summed E-state index contributed by atoms with van der Waals surface area (Å²) < 4.78 is 5.57. The van der Waals surface area contributed by atoms with E-state index < -0.39 is 18.0 Å². The maximum absolute atomic E-state index is 11.7. The number of hydrogen-bond acceptors (Lipinski definition) is 3. The van der Waals surface area contributed by atoms with E-state index in [9.17, 15) is 9.59 Å². The van der Waals surface area contributed by atoms with Crippen molar-refractivity contribution in [3.05, 3.63) is 29.3 Å². The van der Waals surface area contributed by atoms with Gasteiger partial charge in [-0.25, -0.2) is 4.79 Å². The van der Waals surface area contributed by atoms with Crippen molar-refractivity contribution < 1.29 is 14.3 Å². The first-order valence-corrected chi connectivity index (χ1v) is 6.26. The van der Waals surface area contributed by atoms with E-state index in [1.165, 1.54) is 0 Å². The van der Waals surface area contributed by atoms with E-state index in [1.54, 1.807) is 13.8 Å². The Kier molecular flexibility index (Phi) is 5.36. The van der Waals surface area contributed by atoms with Gasteiger partial charge in [-0.1, -0.05) is 12.1 Å². The predicted octanol–water partition coefficient (Wildman–Crippen LogP) is 1.92. The lowest BCUT2D eigenvalue weighted by Crippen LogP contribution is -2.45. The van der Waals surface area contributed by atoms with Crippen molar-refractivity contribution in [3.8, 4) is 5.75 Å². The van der Waals surface area contributed by atoms with Gasteiger partial charge in [0.05, 0.1) is 0 Å². The van der Waals surface area contributed by atoms with E-state index in [2.05, 4.69) is 10.6 Å². The summed E-state index contributed by atoms with van der Waals surface area (Å²) in [5, 5.41) is 4.71. The van der Waals surface area contributed by atoms with Crippen LogP contribution in [0.2, 0.25) is 0 Å². The van der Waals surface area contributed by atoms with Gasteiger partial charge in [-0.2, -0.15) is 0 Å². The normalized spacial score (nSPS) is 11.6. The average Bonchev–Trinajstić information content (AvgIpc) is 2.34. The molecule has 0 saturated heterocycles. The zero-order valence-electron chi connectivity index (χ0n) is 11.7. The molecule has 1 aromatic carbocycles. The minimum absolute atomic E-state index is 0.464. The van der Waals surface area contributed by atoms with Crippen LogP contribution in [0.1, 0.15) is 25.0 Å². The molecular weight excluding hydrogens is 244 g/mol. The number of ether oxygens (including phenoxy) is 1. The highest BCUT2D eigenvalue weighted by Gasteiger charge is 2.17. The lowest BCUT2D eigenvalue weighted by Gasteiger charge is -2.16. The molecule has 3 amide bonds. The molecule has 0 radical (unpaired) electrons. The molecule has 0 fully saturated rings. The molecule has 0 aliphatic carbocycles. The highest BCUT2D eigenvalue weighted by atomic mass is 16.5. The van der Waals surface area contributed by atoms with Crippen molar-refractivity contribution in [3.63, 3.8) is 0 Å². The molecule has 5 nitrogen and oxygen atoms in total. The fourth-order valence-electron chi connectivity index (χ4n) is 1.50. The van der Waals surface area contributed by atoms with E-state index in [4.69, 9.17) is 4.74 Å². The molecule has 1 unspecified atom stereocenters. The number of rotatable bonds is 4. The van der Waals surface area contributed by atoms with Gasteiger partial charge in [0.1, 0.15) is 5.75 Å². The third-order valence-electron chi connectivity index (χ3n) is 2.59. The van der Waals surface area contributed by atoms with Crippen LogP contribution in [0, 0.1) is 13.8 Å². The second kappa shape index (κ2) is 6.78. The van der Waals surface area contributed by atoms with E-state index in [1.807, 2.05) is 32.0 Å². The summed E-state index contributed by atoms with van der Waals surface area (Å²) in [5.74, 6) is 0.186. The number of carbonyl (C=O) groups is 2. The van der Waals surface area contributed by atoms with Crippen molar-refractivity contribution in [2.45, 2.75) is 33.8 Å². The number of urea groups is 1. The molecule has 0 aliphatic heterocycles.